The monoisotopic (exact) mass is 565 g/mol. The first kappa shape index (κ1) is 26.9. The molecular formula is C31H23N3O4S2. The van der Waals surface area contributed by atoms with E-state index >= 15 is 0 Å². The molecule has 40 heavy (non-hydrogen) atoms. The zero-order valence-electron chi connectivity index (χ0n) is 21.0. The Hall–Kier alpha value is -4.73. The van der Waals surface area contributed by atoms with E-state index in [0.29, 0.717) is 10.8 Å². The van der Waals surface area contributed by atoms with E-state index in [4.69, 9.17) is 5.11 Å². The van der Waals surface area contributed by atoms with Gasteiger partial charge in [-0.15, -0.1) is 23.1 Å². The van der Waals surface area contributed by atoms with Crippen LogP contribution in [0.3, 0.4) is 0 Å². The number of nitrogens with one attached hydrogen (secondary N) is 2. The van der Waals surface area contributed by atoms with Crippen molar-refractivity contribution in [2.45, 2.75) is 10.1 Å². The van der Waals surface area contributed by atoms with E-state index in [9.17, 15) is 14.4 Å². The molecule has 4 aromatic carbocycles. The fourth-order valence-electron chi connectivity index (χ4n) is 4.00. The van der Waals surface area contributed by atoms with Crippen LogP contribution in [0.25, 0.3) is 22.0 Å². The van der Waals surface area contributed by atoms with Gasteiger partial charge in [0.1, 0.15) is 5.25 Å². The van der Waals surface area contributed by atoms with Crippen LogP contribution in [0.15, 0.2) is 119 Å². The molecule has 198 valence electrons. The number of carbonyl (C=O) groups is 3. The predicted molar refractivity (Wildman–Crippen MR) is 161 cm³/mol. The van der Waals surface area contributed by atoms with Gasteiger partial charge < -0.3 is 15.7 Å². The van der Waals surface area contributed by atoms with E-state index in [-0.39, 0.29) is 5.91 Å². The maximum atomic E-state index is 13.5. The van der Waals surface area contributed by atoms with Crippen LogP contribution in [0.4, 0.5) is 10.8 Å². The highest BCUT2D eigenvalue weighted by Crippen LogP contribution is 2.38. The molecule has 9 heteroatoms. The Morgan fingerprint density at radius 1 is 0.825 bits per heavy atom. The normalized spacial score (nSPS) is 11.8. The van der Waals surface area contributed by atoms with Gasteiger partial charge in [0.15, 0.2) is 5.13 Å². The summed E-state index contributed by atoms with van der Waals surface area (Å²) >= 11 is 2.70. The van der Waals surface area contributed by atoms with Crippen LogP contribution in [0.2, 0.25) is 0 Å². The number of rotatable bonds is 9. The topological polar surface area (TPSA) is 108 Å². The van der Waals surface area contributed by atoms with E-state index in [1.165, 1.54) is 23.1 Å². The summed E-state index contributed by atoms with van der Waals surface area (Å²) in [6.07, 6.45) is 1.72. The minimum Gasteiger partial charge on any atom is -0.478 e. The van der Waals surface area contributed by atoms with Gasteiger partial charge in [0.2, 0.25) is 11.8 Å². The van der Waals surface area contributed by atoms with Crippen molar-refractivity contribution in [2.75, 3.05) is 10.6 Å². The molecule has 0 fully saturated rings. The van der Waals surface area contributed by atoms with E-state index in [1.807, 2.05) is 60.0 Å². The lowest BCUT2D eigenvalue weighted by Gasteiger charge is -2.17. The van der Waals surface area contributed by atoms with Crippen molar-refractivity contribution >= 4 is 62.5 Å². The SMILES string of the molecule is O=C(O)/C=C/C(=O)Nc1cccc(SC(C(=O)Nc2nc(-c3ccc4ccccc4c3)cs2)c2ccccc2)c1. The molecule has 0 radical (unpaired) electrons. The summed E-state index contributed by atoms with van der Waals surface area (Å²) in [6.45, 7) is 0. The zero-order chi connectivity index (χ0) is 27.9. The standard InChI is InChI=1S/C31H23N3O4S2/c35-27(15-16-28(36)37)32-24-11-6-12-25(18-24)40-29(21-8-2-1-3-9-21)30(38)34-31-33-26(19-39-31)23-14-13-20-7-4-5-10-22(20)17-23/h1-19,29H,(H,32,35)(H,36,37)(H,33,34,38)/b16-15+. The van der Waals surface area contributed by atoms with Gasteiger partial charge >= 0.3 is 5.97 Å². The van der Waals surface area contributed by atoms with Crippen LogP contribution >= 0.6 is 23.1 Å². The second-order valence-corrected chi connectivity index (χ2v) is 10.7. The molecule has 0 aliphatic heterocycles. The number of thiazole rings is 1. The van der Waals surface area contributed by atoms with E-state index in [0.717, 1.165) is 44.6 Å². The summed E-state index contributed by atoms with van der Waals surface area (Å²) in [7, 11) is 0. The van der Waals surface area contributed by atoms with Crippen LogP contribution in [0.1, 0.15) is 10.8 Å². The number of thioether (sulfide) groups is 1. The van der Waals surface area contributed by atoms with Crippen LogP contribution in [-0.4, -0.2) is 27.9 Å². The molecule has 0 bridgehead atoms. The minimum absolute atomic E-state index is 0.227. The van der Waals surface area contributed by atoms with Crippen LogP contribution in [0, 0.1) is 0 Å². The van der Waals surface area contributed by atoms with Crippen molar-refractivity contribution in [1.29, 1.82) is 0 Å². The number of hydrogen-bond acceptors (Lipinski definition) is 6. The van der Waals surface area contributed by atoms with Gasteiger partial charge in [0, 0.05) is 33.7 Å². The molecule has 0 saturated heterocycles. The Labute approximate surface area is 238 Å². The van der Waals surface area contributed by atoms with Crippen molar-refractivity contribution in [3.8, 4) is 11.3 Å². The predicted octanol–water partition coefficient (Wildman–Crippen LogP) is 7.01. The number of benzene rings is 4. The van der Waals surface area contributed by atoms with Gasteiger partial charge in [-0.2, -0.15) is 0 Å². The third-order valence-electron chi connectivity index (χ3n) is 5.85. The number of aromatic nitrogens is 1. The van der Waals surface area contributed by atoms with Gasteiger partial charge in [-0.3, -0.25) is 9.59 Å². The Morgan fingerprint density at radius 2 is 1.60 bits per heavy atom. The zero-order valence-corrected chi connectivity index (χ0v) is 22.6. The number of carboxylic acid groups (broad SMARTS) is 1. The molecule has 0 aliphatic rings. The van der Waals surface area contributed by atoms with Crippen molar-refractivity contribution in [3.05, 3.63) is 120 Å². The Morgan fingerprint density at radius 3 is 2.40 bits per heavy atom. The molecule has 2 amide bonds. The van der Waals surface area contributed by atoms with Crippen LogP contribution in [0.5, 0.6) is 0 Å². The minimum atomic E-state index is -1.21. The fraction of sp³-hybridized carbons (Fsp3) is 0.0323. The highest BCUT2D eigenvalue weighted by molar-refractivity contribution is 8.00. The molecule has 1 heterocycles. The van der Waals surface area contributed by atoms with Crippen molar-refractivity contribution in [1.82, 2.24) is 4.98 Å². The van der Waals surface area contributed by atoms with Gasteiger partial charge in [0.25, 0.3) is 0 Å². The van der Waals surface area contributed by atoms with Crippen molar-refractivity contribution in [3.63, 3.8) is 0 Å². The second-order valence-electron chi connectivity index (χ2n) is 8.69. The third kappa shape index (κ3) is 6.82. The highest BCUT2D eigenvalue weighted by Gasteiger charge is 2.23. The van der Waals surface area contributed by atoms with Gasteiger partial charge in [-0.25, -0.2) is 9.78 Å². The molecule has 1 aromatic heterocycles. The number of amides is 2. The maximum Gasteiger partial charge on any atom is 0.328 e. The molecule has 5 aromatic rings. The number of hydrogen-bond donors (Lipinski definition) is 3. The average Bonchev–Trinajstić information content (AvgIpc) is 3.43. The molecule has 0 saturated carbocycles. The number of carbonyl (C=O) groups excluding carboxylic acids is 2. The Bertz CT molecular complexity index is 1720. The molecule has 7 nitrogen and oxygen atoms in total. The number of carboxylic acids is 1. The molecule has 5 rings (SSSR count). The van der Waals surface area contributed by atoms with Gasteiger partial charge in [-0.1, -0.05) is 72.8 Å². The summed E-state index contributed by atoms with van der Waals surface area (Å²) in [5.74, 6) is -2.00. The first-order valence-electron chi connectivity index (χ1n) is 12.2. The van der Waals surface area contributed by atoms with E-state index in [2.05, 4.69) is 39.9 Å². The first-order valence-corrected chi connectivity index (χ1v) is 14.0. The molecule has 0 aliphatic carbocycles. The molecule has 0 spiro atoms. The summed E-state index contributed by atoms with van der Waals surface area (Å²) < 4.78 is 0. The summed E-state index contributed by atoms with van der Waals surface area (Å²) in [5.41, 5.74) is 3.06. The van der Waals surface area contributed by atoms with Gasteiger partial charge in [-0.05, 0) is 40.6 Å². The number of anilines is 2. The smallest absolute Gasteiger partial charge is 0.328 e. The molecule has 1 unspecified atom stereocenters. The Balaban J connectivity index is 1.34. The summed E-state index contributed by atoms with van der Waals surface area (Å²) in [4.78, 5) is 41.7. The number of fused-ring (bicyclic) bond motifs is 1. The van der Waals surface area contributed by atoms with Crippen molar-refractivity contribution in [2.24, 2.45) is 0 Å². The highest BCUT2D eigenvalue weighted by atomic mass is 32.2. The molecule has 1 atom stereocenters. The number of nitrogens with zero attached hydrogens (tertiary/aromatic N) is 1. The lowest BCUT2D eigenvalue weighted by molar-refractivity contribution is -0.131. The summed E-state index contributed by atoms with van der Waals surface area (Å²) in [6, 6.07) is 30.8. The summed E-state index contributed by atoms with van der Waals surface area (Å²) in [5, 5.41) is 18.4. The average molecular weight is 566 g/mol. The lowest BCUT2D eigenvalue weighted by atomic mass is 10.1. The van der Waals surface area contributed by atoms with E-state index < -0.39 is 17.1 Å². The molecular weight excluding hydrogens is 542 g/mol. The van der Waals surface area contributed by atoms with Crippen LogP contribution < -0.4 is 10.6 Å². The van der Waals surface area contributed by atoms with Gasteiger partial charge in [0.05, 0.1) is 5.69 Å². The molecule has 3 N–H and O–H groups in total. The maximum absolute atomic E-state index is 13.5. The third-order valence-corrected chi connectivity index (χ3v) is 7.86. The fourth-order valence-corrected chi connectivity index (χ4v) is 5.80. The quantitative estimate of drug-likeness (QED) is 0.131. The largest absolute Gasteiger partial charge is 0.478 e. The van der Waals surface area contributed by atoms with E-state index in [1.54, 1.807) is 18.2 Å². The lowest BCUT2D eigenvalue weighted by Crippen LogP contribution is -2.19. The number of aliphatic carboxylic acids is 1. The Kier molecular flexibility index (Phi) is 8.34. The van der Waals surface area contributed by atoms with Crippen LogP contribution in [-0.2, 0) is 14.4 Å². The first-order chi connectivity index (χ1) is 19.4. The second kappa shape index (κ2) is 12.4. The van der Waals surface area contributed by atoms with Crippen molar-refractivity contribution < 1.29 is 19.5 Å².